The Labute approximate surface area is 327 Å². The van der Waals surface area contributed by atoms with Crippen LogP contribution in [0.25, 0.3) is 55.3 Å². The largest absolute Gasteiger partial charge is 0.456 e. The van der Waals surface area contributed by atoms with Crippen molar-refractivity contribution in [3.8, 4) is 56.0 Å². The number of rotatable bonds is 3. The highest BCUT2D eigenvalue weighted by molar-refractivity contribution is 6.07. The summed E-state index contributed by atoms with van der Waals surface area (Å²) >= 11 is 0. The number of hydrogen-bond donors (Lipinski definition) is 0. The molecule has 0 amide bonds. The van der Waals surface area contributed by atoms with Crippen molar-refractivity contribution in [2.24, 2.45) is 0 Å². The van der Waals surface area contributed by atoms with E-state index in [4.69, 9.17) is 4.74 Å². The minimum atomic E-state index is -0.382. The van der Waals surface area contributed by atoms with Crippen LogP contribution in [0, 0.1) is 0 Å². The van der Waals surface area contributed by atoms with E-state index in [0.717, 1.165) is 17.1 Å². The molecule has 0 saturated heterocycles. The molecule has 0 N–H and O–H groups in total. The zero-order valence-electron chi connectivity index (χ0n) is 31.0. The summed E-state index contributed by atoms with van der Waals surface area (Å²) in [6.45, 7) is 2.34. The molecule has 1 spiro atoms. The summed E-state index contributed by atoms with van der Waals surface area (Å²) in [6, 6.07) is 73.9. The highest BCUT2D eigenvalue weighted by Crippen LogP contribution is 2.63. The molecule has 0 bridgehead atoms. The Hall–Kier alpha value is -6.96. The van der Waals surface area contributed by atoms with Gasteiger partial charge in [0.15, 0.2) is 0 Å². The normalized spacial score (nSPS) is 16.3. The first kappa shape index (κ1) is 31.4. The van der Waals surface area contributed by atoms with Crippen LogP contribution in [-0.2, 0) is 10.8 Å². The third kappa shape index (κ3) is 3.99. The van der Waals surface area contributed by atoms with Gasteiger partial charge in [-0.25, -0.2) is 0 Å². The Kier molecular flexibility index (Phi) is 6.46. The molecule has 1 heterocycles. The van der Waals surface area contributed by atoms with E-state index in [1.807, 2.05) is 0 Å². The Bertz CT molecular complexity index is 3020. The lowest BCUT2D eigenvalue weighted by molar-refractivity contribution is 0.429. The third-order valence-corrected chi connectivity index (χ3v) is 13.1. The maximum absolute atomic E-state index is 6.94. The summed E-state index contributed by atoms with van der Waals surface area (Å²) in [7, 11) is 0. The second-order valence-corrected chi connectivity index (χ2v) is 15.6. The molecule has 1 nitrogen and oxygen atoms in total. The van der Waals surface area contributed by atoms with Crippen molar-refractivity contribution >= 4 is 10.8 Å². The van der Waals surface area contributed by atoms with Gasteiger partial charge in [0.2, 0.25) is 0 Å². The summed E-state index contributed by atoms with van der Waals surface area (Å²) < 4.78 is 6.94. The standard InChI is InChI=1S/C55H36O/c1-54(36-16-3-2-4-17-36)49-27-13-14-29-52(49)56-53-45(23-15-28-50(53)54)40-33-32-37(38-18-5-6-19-39(38)40)35-30-31-44-43-22-9-12-26-48(43)55(51(44)34-35)46-24-10-7-20-41(46)42-21-8-11-25-47(42)55/h2-34H,1H3. The van der Waals surface area contributed by atoms with Gasteiger partial charge in [-0.1, -0.05) is 188 Å². The van der Waals surface area contributed by atoms with Gasteiger partial charge in [-0.05, 0) is 96.6 Å². The third-order valence-electron chi connectivity index (χ3n) is 13.1. The van der Waals surface area contributed by atoms with Crippen molar-refractivity contribution in [1.82, 2.24) is 0 Å². The monoisotopic (exact) mass is 712 g/mol. The van der Waals surface area contributed by atoms with Crippen LogP contribution in [0.15, 0.2) is 200 Å². The van der Waals surface area contributed by atoms with E-state index < -0.39 is 0 Å². The van der Waals surface area contributed by atoms with Crippen LogP contribution in [0.2, 0.25) is 0 Å². The molecule has 1 atom stereocenters. The summed E-state index contributed by atoms with van der Waals surface area (Å²) in [5.74, 6) is 1.83. The molecule has 0 aromatic heterocycles. The van der Waals surface area contributed by atoms with Gasteiger partial charge in [-0.2, -0.15) is 0 Å². The number of para-hydroxylation sites is 2. The summed E-state index contributed by atoms with van der Waals surface area (Å²) in [6.07, 6.45) is 0. The van der Waals surface area contributed by atoms with Crippen LogP contribution in [0.5, 0.6) is 11.5 Å². The Morgan fingerprint density at radius 1 is 0.339 bits per heavy atom. The topological polar surface area (TPSA) is 9.23 Å². The van der Waals surface area contributed by atoms with E-state index in [1.165, 1.54) is 88.7 Å². The van der Waals surface area contributed by atoms with Crippen molar-refractivity contribution in [3.63, 3.8) is 0 Å². The molecule has 9 aromatic carbocycles. The van der Waals surface area contributed by atoms with Gasteiger partial charge in [0.05, 0.1) is 5.41 Å². The number of hydrogen-bond acceptors (Lipinski definition) is 1. The van der Waals surface area contributed by atoms with Crippen LogP contribution < -0.4 is 4.74 Å². The summed E-state index contributed by atoms with van der Waals surface area (Å²) in [5, 5.41) is 2.43. The number of ether oxygens (including phenoxy) is 1. The van der Waals surface area contributed by atoms with Gasteiger partial charge >= 0.3 is 0 Å². The van der Waals surface area contributed by atoms with Crippen molar-refractivity contribution in [2.75, 3.05) is 0 Å². The Balaban J connectivity index is 1.07. The van der Waals surface area contributed by atoms with Gasteiger partial charge in [0, 0.05) is 22.1 Å². The molecule has 262 valence electrons. The highest BCUT2D eigenvalue weighted by atomic mass is 16.5. The van der Waals surface area contributed by atoms with E-state index in [0.29, 0.717) is 0 Å². The minimum absolute atomic E-state index is 0.382. The SMILES string of the molecule is CC1(c2ccccc2)c2ccccc2Oc2c(-c3ccc(-c4ccc5c(c4)C4(c6ccccc6-c6ccccc64)c4ccccc4-5)c4ccccc34)cccc21. The lowest BCUT2D eigenvalue weighted by atomic mass is 9.68. The first-order chi connectivity index (χ1) is 27.7. The molecule has 12 rings (SSSR count). The predicted octanol–water partition coefficient (Wildman–Crippen LogP) is 14.0. The lowest BCUT2D eigenvalue weighted by Gasteiger charge is -2.39. The fourth-order valence-electron chi connectivity index (χ4n) is 10.6. The fourth-order valence-corrected chi connectivity index (χ4v) is 10.6. The van der Waals surface area contributed by atoms with Crippen LogP contribution in [0.3, 0.4) is 0 Å². The first-order valence-corrected chi connectivity index (χ1v) is 19.6. The molecule has 56 heavy (non-hydrogen) atoms. The van der Waals surface area contributed by atoms with Gasteiger partial charge < -0.3 is 4.74 Å². The zero-order valence-corrected chi connectivity index (χ0v) is 31.0. The average Bonchev–Trinajstić information content (AvgIpc) is 3.73. The van der Waals surface area contributed by atoms with Gasteiger partial charge in [0.25, 0.3) is 0 Å². The van der Waals surface area contributed by atoms with E-state index in [1.54, 1.807) is 0 Å². The van der Waals surface area contributed by atoms with Gasteiger partial charge in [0.1, 0.15) is 11.5 Å². The quantitative estimate of drug-likeness (QED) is 0.177. The molecule has 9 aromatic rings. The molecule has 1 aliphatic heterocycles. The van der Waals surface area contributed by atoms with Crippen LogP contribution in [0.1, 0.15) is 45.9 Å². The van der Waals surface area contributed by atoms with Crippen LogP contribution in [0.4, 0.5) is 0 Å². The number of fused-ring (bicyclic) bond motifs is 13. The van der Waals surface area contributed by atoms with Gasteiger partial charge in [-0.15, -0.1) is 0 Å². The molecule has 0 fully saturated rings. The Morgan fingerprint density at radius 3 is 1.50 bits per heavy atom. The molecule has 2 aliphatic carbocycles. The minimum Gasteiger partial charge on any atom is -0.456 e. The molecule has 1 unspecified atom stereocenters. The molecule has 3 aliphatic rings. The zero-order chi connectivity index (χ0) is 37.0. The average molecular weight is 713 g/mol. The van der Waals surface area contributed by atoms with Crippen molar-refractivity contribution in [2.45, 2.75) is 17.8 Å². The summed E-state index contributed by atoms with van der Waals surface area (Å²) in [4.78, 5) is 0. The molecular formula is C55H36O. The van der Waals surface area contributed by atoms with E-state index in [9.17, 15) is 0 Å². The molecule has 1 heteroatoms. The molecule has 0 radical (unpaired) electrons. The van der Waals surface area contributed by atoms with Crippen LogP contribution in [-0.4, -0.2) is 0 Å². The van der Waals surface area contributed by atoms with E-state index >= 15 is 0 Å². The molecular weight excluding hydrogens is 677 g/mol. The van der Waals surface area contributed by atoms with Gasteiger partial charge in [-0.3, -0.25) is 0 Å². The highest BCUT2D eigenvalue weighted by Gasteiger charge is 2.51. The number of benzene rings is 9. The summed E-state index contributed by atoms with van der Waals surface area (Å²) in [5.41, 5.74) is 18.3. The van der Waals surface area contributed by atoms with Crippen molar-refractivity contribution < 1.29 is 4.74 Å². The first-order valence-electron chi connectivity index (χ1n) is 19.6. The van der Waals surface area contributed by atoms with Crippen LogP contribution >= 0.6 is 0 Å². The second kappa shape index (κ2) is 11.5. The Morgan fingerprint density at radius 2 is 0.821 bits per heavy atom. The second-order valence-electron chi connectivity index (χ2n) is 15.6. The maximum atomic E-state index is 6.94. The smallest absolute Gasteiger partial charge is 0.139 e. The molecule has 0 saturated carbocycles. The predicted molar refractivity (Wildman–Crippen MR) is 230 cm³/mol. The fraction of sp³-hybridized carbons (Fsp3) is 0.0545. The van der Waals surface area contributed by atoms with E-state index in [-0.39, 0.29) is 10.8 Å². The van der Waals surface area contributed by atoms with E-state index in [2.05, 4.69) is 207 Å². The van der Waals surface area contributed by atoms with Crippen molar-refractivity contribution in [3.05, 3.63) is 239 Å². The lowest BCUT2D eigenvalue weighted by Crippen LogP contribution is -2.29. The van der Waals surface area contributed by atoms with Crippen molar-refractivity contribution in [1.29, 1.82) is 0 Å². The maximum Gasteiger partial charge on any atom is 0.139 e.